The zero-order valence-corrected chi connectivity index (χ0v) is 28.5. The Bertz CT molecular complexity index is 1630. The summed E-state index contributed by atoms with van der Waals surface area (Å²) >= 11 is 0. The number of nitriles is 1. The van der Waals surface area contributed by atoms with Gasteiger partial charge in [0.15, 0.2) is 0 Å². The van der Waals surface area contributed by atoms with Crippen LogP contribution in [0.15, 0.2) is 40.8 Å². The minimum absolute atomic E-state index is 0.0794. The summed E-state index contributed by atoms with van der Waals surface area (Å²) in [6, 6.07) is 13.2. The lowest BCUT2D eigenvalue weighted by atomic mass is 9.68. The molecule has 3 amide bonds. The van der Waals surface area contributed by atoms with Crippen LogP contribution in [0.2, 0.25) is 0 Å². The van der Waals surface area contributed by atoms with Gasteiger partial charge in [0.25, 0.3) is 11.8 Å². The van der Waals surface area contributed by atoms with Gasteiger partial charge in [-0.2, -0.15) is 5.26 Å². The minimum atomic E-state index is -0.952. The average molecular weight is 640 g/mol. The Morgan fingerprint density at radius 1 is 0.957 bits per heavy atom. The smallest absolute Gasteiger partial charge is 0.253 e. The molecule has 1 unspecified atom stereocenters. The second kappa shape index (κ2) is 13.7. The molecule has 248 valence electrons. The zero-order chi connectivity index (χ0) is 34.0. The number of fused-ring (bicyclic) bond motifs is 2. The molecule has 0 radical (unpaired) electrons. The van der Waals surface area contributed by atoms with E-state index in [1.165, 1.54) is 0 Å². The number of benzene rings is 2. The number of hydrogen-bond acceptors (Lipinski definition) is 8. The number of amides is 3. The van der Waals surface area contributed by atoms with Gasteiger partial charge in [0.1, 0.15) is 11.5 Å². The van der Waals surface area contributed by atoms with E-state index in [4.69, 9.17) is 4.42 Å². The second-order valence-electron chi connectivity index (χ2n) is 13.2. The quantitative estimate of drug-likeness (QED) is 0.335. The van der Waals surface area contributed by atoms with Gasteiger partial charge in [-0.05, 0) is 92.5 Å². The fraction of sp³-hybridized carbons (Fsp3) is 0.500. The Labute approximate surface area is 276 Å². The Morgan fingerprint density at radius 3 is 1.96 bits per heavy atom. The van der Waals surface area contributed by atoms with Crippen LogP contribution in [-0.2, 0) is 29.5 Å². The van der Waals surface area contributed by atoms with Crippen molar-refractivity contribution < 1.29 is 18.8 Å². The van der Waals surface area contributed by atoms with Crippen LogP contribution in [0.4, 0.5) is 0 Å². The molecule has 1 heterocycles. The van der Waals surface area contributed by atoms with Crippen LogP contribution in [0.1, 0.15) is 94.8 Å². The number of nitrogens with one attached hydrogen (secondary N) is 1. The van der Waals surface area contributed by atoms with Gasteiger partial charge in [0, 0.05) is 57.8 Å². The molecule has 0 aliphatic heterocycles. The molecular formula is C36H45N7O4. The van der Waals surface area contributed by atoms with Crippen LogP contribution in [0.25, 0.3) is 0 Å². The fourth-order valence-electron chi connectivity index (χ4n) is 6.77. The summed E-state index contributed by atoms with van der Waals surface area (Å²) in [5, 5.41) is 22.0. The summed E-state index contributed by atoms with van der Waals surface area (Å²) in [5.41, 5.74) is 4.07. The number of hydrogen-bond donors (Lipinski definition) is 1. The maximum Gasteiger partial charge on any atom is 0.253 e. The van der Waals surface area contributed by atoms with Gasteiger partial charge in [0.05, 0.1) is 12.6 Å². The highest BCUT2D eigenvalue weighted by Gasteiger charge is 2.47. The van der Waals surface area contributed by atoms with Gasteiger partial charge in [-0.3, -0.25) is 14.4 Å². The summed E-state index contributed by atoms with van der Waals surface area (Å²) in [7, 11) is 6.94. The van der Waals surface area contributed by atoms with Crippen LogP contribution < -0.4 is 5.32 Å². The molecule has 47 heavy (non-hydrogen) atoms. The van der Waals surface area contributed by atoms with Crippen molar-refractivity contribution in [3.8, 4) is 6.07 Å². The SMILES string of the molecule is CCc1nnc(C2(C[C@@H](C)NCC(=O)N(C(C)C#N)C3CC3)c3ccc(C(=O)N(C)C)cc3CCc3cc(C(=O)N(C)C)ccc32)o1. The first-order valence-electron chi connectivity index (χ1n) is 16.4. The summed E-state index contributed by atoms with van der Waals surface area (Å²) in [5.74, 6) is 0.645. The van der Waals surface area contributed by atoms with E-state index in [9.17, 15) is 19.6 Å². The van der Waals surface area contributed by atoms with Gasteiger partial charge in [0.2, 0.25) is 17.7 Å². The highest BCUT2D eigenvalue weighted by molar-refractivity contribution is 5.95. The first-order valence-corrected chi connectivity index (χ1v) is 16.4. The van der Waals surface area contributed by atoms with Crippen molar-refractivity contribution in [2.24, 2.45) is 0 Å². The van der Waals surface area contributed by atoms with Crippen molar-refractivity contribution in [1.82, 2.24) is 30.2 Å². The number of nitrogens with zero attached hydrogens (tertiary/aromatic N) is 6. The van der Waals surface area contributed by atoms with Crippen LogP contribution in [-0.4, -0.2) is 95.5 Å². The van der Waals surface area contributed by atoms with Gasteiger partial charge in [-0.15, -0.1) is 10.2 Å². The Hall–Kier alpha value is -4.56. The van der Waals surface area contributed by atoms with E-state index in [2.05, 4.69) is 21.6 Å². The standard InChI is InChI=1S/C36H45N7O4/c1-8-31-39-40-35(47-31)36(19-22(2)38-21-32(44)43(23(3)20-37)28-13-14-28)29-15-11-26(33(45)41(4)5)17-24(29)9-10-25-18-27(12-16-30(25)36)34(46)42(6)7/h11-12,15-18,22-23,28,38H,8-10,13-14,19,21H2,1-7H3/t22-,23?/m1/s1. The first-order chi connectivity index (χ1) is 22.4. The third-order valence-electron chi connectivity index (χ3n) is 9.28. The molecule has 0 spiro atoms. The molecule has 11 nitrogen and oxygen atoms in total. The predicted octanol–water partition coefficient (Wildman–Crippen LogP) is 3.74. The molecule has 5 rings (SSSR count). The zero-order valence-electron chi connectivity index (χ0n) is 28.5. The van der Waals surface area contributed by atoms with Crippen molar-refractivity contribution in [3.63, 3.8) is 0 Å². The van der Waals surface area contributed by atoms with Crippen LogP contribution >= 0.6 is 0 Å². The van der Waals surface area contributed by atoms with Crippen molar-refractivity contribution in [2.75, 3.05) is 34.7 Å². The van der Waals surface area contributed by atoms with Crippen molar-refractivity contribution in [3.05, 3.63) is 81.6 Å². The van der Waals surface area contributed by atoms with Crippen molar-refractivity contribution >= 4 is 17.7 Å². The minimum Gasteiger partial charge on any atom is -0.424 e. The number of aryl methyl sites for hydroxylation is 3. The molecule has 2 aromatic carbocycles. The molecule has 1 N–H and O–H groups in total. The first kappa shape index (κ1) is 33.8. The van der Waals surface area contributed by atoms with Gasteiger partial charge >= 0.3 is 0 Å². The molecule has 2 aliphatic rings. The van der Waals surface area contributed by atoms with Crippen LogP contribution in [0.3, 0.4) is 0 Å². The summed E-state index contributed by atoms with van der Waals surface area (Å²) in [4.78, 5) is 44.3. The third-order valence-corrected chi connectivity index (χ3v) is 9.28. The van der Waals surface area contributed by atoms with E-state index < -0.39 is 11.5 Å². The summed E-state index contributed by atoms with van der Waals surface area (Å²) < 4.78 is 6.42. The largest absolute Gasteiger partial charge is 0.424 e. The third kappa shape index (κ3) is 6.65. The second-order valence-corrected chi connectivity index (χ2v) is 13.2. The lowest BCUT2D eigenvalue weighted by molar-refractivity contribution is -0.132. The topological polar surface area (TPSA) is 136 Å². The number of carbonyl (C=O) groups is 3. The molecule has 2 atom stereocenters. The van der Waals surface area contributed by atoms with Gasteiger partial charge in [-0.25, -0.2) is 0 Å². The van der Waals surface area contributed by atoms with E-state index in [-0.39, 0.29) is 36.3 Å². The predicted molar refractivity (Wildman–Crippen MR) is 177 cm³/mol. The van der Waals surface area contributed by atoms with E-state index in [0.29, 0.717) is 48.6 Å². The van der Waals surface area contributed by atoms with E-state index >= 15 is 0 Å². The number of carbonyl (C=O) groups excluding carboxylic acids is 3. The number of aromatic nitrogens is 2. The van der Waals surface area contributed by atoms with Crippen LogP contribution in [0.5, 0.6) is 0 Å². The summed E-state index contributed by atoms with van der Waals surface area (Å²) in [6.07, 6.45) is 4.11. The fourth-order valence-corrected chi connectivity index (χ4v) is 6.77. The lowest BCUT2D eigenvalue weighted by Gasteiger charge is -2.36. The molecule has 1 saturated carbocycles. The summed E-state index contributed by atoms with van der Waals surface area (Å²) in [6.45, 7) is 5.83. The molecule has 0 saturated heterocycles. The molecule has 2 aliphatic carbocycles. The average Bonchev–Trinajstić information content (AvgIpc) is 3.80. The highest BCUT2D eigenvalue weighted by atomic mass is 16.4. The molecule has 1 aromatic heterocycles. The monoisotopic (exact) mass is 639 g/mol. The lowest BCUT2D eigenvalue weighted by Crippen LogP contribution is -2.47. The normalized spacial score (nSPS) is 16.1. The maximum absolute atomic E-state index is 13.4. The van der Waals surface area contributed by atoms with Gasteiger partial charge < -0.3 is 24.4 Å². The molecule has 3 aromatic rings. The molecule has 1 fully saturated rings. The Kier molecular flexibility index (Phi) is 9.82. The van der Waals surface area contributed by atoms with E-state index in [1.807, 2.05) is 50.2 Å². The van der Waals surface area contributed by atoms with Crippen LogP contribution in [0, 0.1) is 11.3 Å². The Morgan fingerprint density at radius 2 is 1.51 bits per heavy atom. The number of rotatable bonds is 11. The maximum atomic E-state index is 13.4. The molecular weight excluding hydrogens is 594 g/mol. The van der Waals surface area contributed by atoms with E-state index in [1.54, 1.807) is 49.8 Å². The molecule has 11 heteroatoms. The van der Waals surface area contributed by atoms with Crippen molar-refractivity contribution in [1.29, 1.82) is 5.26 Å². The Balaban J connectivity index is 1.64. The van der Waals surface area contributed by atoms with Gasteiger partial charge in [-0.1, -0.05) is 19.1 Å². The van der Waals surface area contributed by atoms with E-state index in [0.717, 1.165) is 35.1 Å². The highest BCUT2D eigenvalue weighted by Crippen LogP contribution is 2.48. The molecule has 0 bridgehead atoms. The van der Waals surface area contributed by atoms with Crippen molar-refractivity contribution in [2.45, 2.75) is 82.8 Å².